The minimum atomic E-state index is -3.84. The number of hydrogen-bond donors (Lipinski definition) is 0. The molecule has 1 fully saturated rings. The molecule has 11 heteroatoms. The van der Waals surface area contributed by atoms with E-state index in [1.165, 1.54) is 22.3 Å². The minimum Gasteiger partial charge on any atom is -0.363 e. The molecule has 0 atom stereocenters. The minimum absolute atomic E-state index is 0.210. The van der Waals surface area contributed by atoms with Crippen LogP contribution in [0.2, 0.25) is 0 Å². The van der Waals surface area contributed by atoms with Crippen molar-refractivity contribution in [3.8, 4) is 0 Å². The molecule has 4 heterocycles. The summed E-state index contributed by atoms with van der Waals surface area (Å²) in [5, 5.41) is 5.45. The lowest BCUT2D eigenvalue weighted by Gasteiger charge is -2.34. The lowest BCUT2D eigenvalue weighted by molar-refractivity contribution is 0.383. The Balaban J connectivity index is 1.37. The second kappa shape index (κ2) is 8.91. The van der Waals surface area contributed by atoms with Crippen molar-refractivity contribution in [2.75, 3.05) is 31.1 Å². The van der Waals surface area contributed by atoms with Gasteiger partial charge in [0, 0.05) is 59.9 Å². The van der Waals surface area contributed by atoms with Gasteiger partial charge >= 0.3 is 0 Å². The van der Waals surface area contributed by atoms with Crippen LogP contribution >= 0.6 is 11.8 Å². The largest absolute Gasteiger partial charge is 0.363 e. The van der Waals surface area contributed by atoms with Crippen LogP contribution in [0.5, 0.6) is 0 Å². The first-order valence-corrected chi connectivity index (χ1v) is 13.3. The maximum Gasteiger partial charge on any atom is 0.245 e. The number of piperazine rings is 1. The Morgan fingerprint density at radius 1 is 0.886 bits per heavy atom. The van der Waals surface area contributed by atoms with Gasteiger partial charge < -0.3 is 9.42 Å². The Hall–Kier alpha value is -3.54. The first-order valence-electron chi connectivity index (χ1n) is 11.0. The zero-order valence-corrected chi connectivity index (χ0v) is 20.1. The molecule has 0 aliphatic carbocycles. The lowest BCUT2D eigenvalue weighted by Crippen LogP contribution is -2.49. The quantitative estimate of drug-likeness (QED) is 0.353. The molecular formula is C24H20N6O3S2. The molecule has 0 radical (unpaired) electrons. The topological polar surface area (TPSA) is 105 Å². The molecule has 0 amide bonds. The molecule has 2 aromatic carbocycles. The monoisotopic (exact) mass is 504 g/mol. The number of fused-ring (bicyclic) bond motifs is 2. The summed E-state index contributed by atoms with van der Waals surface area (Å²) in [4.78, 5) is 16.7. The molecule has 0 bridgehead atoms. The summed E-state index contributed by atoms with van der Waals surface area (Å²) >= 11 is 1.38. The van der Waals surface area contributed by atoms with E-state index in [1.54, 1.807) is 36.9 Å². The van der Waals surface area contributed by atoms with E-state index in [4.69, 9.17) is 4.52 Å². The fraction of sp³-hybridized carbons (Fsp3) is 0.167. The molecule has 0 unspecified atom stereocenters. The molecule has 3 aromatic heterocycles. The van der Waals surface area contributed by atoms with Gasteiger partial charge in [-0.3, -0.25) is 9.97 Å². The molecule has 1 aliphatic rings. The molecule has 6 rings (SSSR count). The van der Waals surface area contributed by atoms with E-state index in [0.717, 1.165) is 21.6 Å². The van der Waals surface area contributed by atoms with Crippen molar-refractivity contribution in [3.63, 3.8) is 0 Å². The highest BCUT2D eigenvalue weighted by Crippen LogP contribution is 2.40. The third kappa shape index (κ3) is 4.01. The second-order valence-corrected chi connectivity index (χ2v) is 11.0. The van der Waals surface area contributed by atoms with Gasteiger partial charge in [0.25, 0.3) is 0 Å². The maximum atomic E-state index is 14.0. The SMILES string of the molecule is O=S(=O)(c1c(Sc2cccc3cccnc23)ccc2nocc12)N1CCN(c2cnccn2)CC1. The van der Waals surface area contributed by atoms with Gasteiger partial charge in [0.05, 0.1) is 17.1 Å². The lowest BCUT2D eigenvalue weighted by atomic mass is 10.2. The van der Waals surface area contributed by atoms with Gasteiger partial charge in [-0.15, -0.1) is 0 Å². The Morgan fingerprint density at radius 2 is 1.74 bits per heavy atom. The van der Waals surface area contributed by atoms with Crippen LogP contribution in [-0.2, 0) is 10.0 Å². The number of rotatable bonds is 5. The van der Waals surface area contributed by atoms with Crippen molar-refractivity contribution < 1.29 is 12.9 Å². The Morgan fingerprint density at radius 3 is 2.57 bits per heavy atom. The second-order valence-electron chi connectivity index (χ2n) is 8.03. The van der Waals surface area contributed by atoms with Crippen LogP contribution in [0.15, 0.2) is 92.7 Å². The summed E-state index contributed by atoms with van der Waals surface area (Å²) in [7, 11) is -3.84. The smallest absolute Gasteiger partial charge is 0.245 e. The number of aromatic nitrogens is 4. The van der Waals surface area contributed by atoms with Crippen molar-refractivity contribution in [3.05, 3.63) is 73.5 Å². The maximum absolute atomic E-state index is 14.0. The zero-order valence-electron chi connectivity index (χ0n) is 18.5. The molecule has 5 aromatic rings. The Labute approximate surface area is 205 Å². The van der Waals surface area contributed by atoms with Gasteiger partial charge in [-0.05, 0) is 24.3 Å². The van der Waals surface area contributed by atoms with Crippen molar-refractivity contribution >= 4 is 49.4 Å². The first kappa shape index (κ1) is 22.0. The van der Waals surface area contributed by atoms with Crippen LogP contribution in [0.3, 0.4) is 0 Å². The number of nitrogens with zero attached hydrogens (tertiary/aromatic N) is 6. The number of sulfonamides is 1. The summed E-state index contributed by atoms with van der Waals surface area (Å²) in [5.41, 5.74) is 1.33. The number of benzene rings is 2. The fourth-order valence-electron chi connectivity index (χ4n) is 4.26. The number of anilines is 1. The third-order valence-electron chi connectivity index (χ3n) is 5.98. The summed E-state index contributed by atoms with van der Waals surface area (Å²) in [6.07, 6.45) is 8.09. The fourth-order valence-corrected chi connectivity index (χ4v) is 7.35. The number of para-hydroxylation sites is 1. The van der Waals surface area contributed by atoms with E-state index in [9.17, 15) is 8.42 Å². The molecule has 176 valence electrons. The predicted octanol–water partition coefficient (Wildman–Crippen LogP) is 3.83. The van der Waals surface area contributed by atoms with Crippen LogP contribution in [0.4, 0.5) is 5.82 Å². The summed E-state index contributed by atoms with van der Waals surface area (Å²) < 4.78 is 34.7. The van der Waals surface area contributed by atoms with Crippen molar-refractivity contribution in [2.24, 2.45) is 0 Å². The standard InChI is InChI=1S/C24H20N6O3S2/c31-35(32,30-13-11-29(12-14-30)22-15-25-9-10-26-22)24-18-16-33-28-19(18)6-7-21(24)34-20-5-1-3-17-4-2-8-27-23(17)20/h1-10,15-16H,11-14H2. The Bertz CT molecular complexity index is 1610. The molecule has 1 aliphatic heterocycles. The van der Waals surface area contributed by atoms with E-state index >= 15 is 0 Å². The van der Waals surface area contributed by atoms with E-state index in [2.05, 4.69) is 20.1 Å². The highest BCUT2D eigenvalue weighted by atomic mass is 32.2. The Kier molecular flexibility index (Phi) is 5.59. The van der Waals surface area contributed by atoms with Crippen LogP contribution < -0.4 is 4.90 Å². The van der Waals surface area contributed by atoms with Crippen LogP contribution in [0.1, 0.15) is 0 Å². The van der Waals surface area contributed by atoms with Gasteiger partial charge in [0.2, 0.25) is 10.0 Å². The van der Waals surface area contributed by atoms with Gasteiger partial charge in [0.15, 0.2) is 0 Å². The molecule has 0 saturated carbocycles. The molecule has 9 nitrogen and oxygen atoms in total. The van der Waals surface area contributed by atoms with Crippen molar-refractivity contribution in [1.82, 2.24) is 24.4 Å². The number of pyridine rings is 1. The van der Waals surface area contributed by atoms with Crippen molar-refractivity contribution in [1.29, 1.82) is 0 Å². The molecule has 1 saturated heterocycles. The zero-order chi connectivity index (χ0) is 23.8. The molecule has 0 N–H and O–H groups in total. The van der Waals surface area contributed by atoms with Gasteiger partial charge in [-0.1, -0.05) is 35.1 Å². The van der Waals surface area contributed by atoms with E-state index in [-0.39, 0.29) is 4.90 Å². The summed E-state index contributed by atoms with van der Waals surface area (Å²) in [5.74, 6) is 0.741. The van der Waals surface area contributed by atoms with Gasteiger partial charge in [-0.25, -0.2) is 13.4 Å². The van der Waals surface area contributed by atoms with Crippen LogP contribution in [-0.4, -0.2) is 59.0 Å². The van der Waals surface area contributed by atoms with Gasteiger partial charge in [0.1, 0.15) is 22.5 Å². The van der Waals surface area contributed by atoms with Crippen LogP contribution in [0, 0.1) is 0 Å². The molecule has 0 spiro atoms. The summed E-state index contributed by atoms with van der Waals surface area (Å²) in [6, 6.07) is 13.3. The van der Waals surface area contributed by atoms with E-state index < -0.39 is 10.0 Å². The molecular weight excluding hydrogens is 484 g/mol. The third-order valence-corrected chi connectivity index (χ3v) is 9.22. The van der Waals surface area contributed by atoms with E-state index in [1.807, 2.05) is 35.2 Å². The van der Waals surface area contributed by atoms with Crippen molar-refractivity contribution in [2.45, 2.75) is 14.7 Å². The number of hydrogen-bond acceptors (Lipinski definition) is 9. The highest BCUT2D eigenvalue weighted by Gasteiger charge is 2.33. The predicted molar refractivity (Wildman–Crippen MR) is 133 cm³/mol. The van der Waals surface area contributed by atoms with Gasteiger partial charge in [-0.2, -0.15) is 4.31 Å². The average molecular weight is 505 g/mol. The van der Waals surface area contributed by atoms with Crippen LogP contribution in [0.25, 0.3) is 21.8 Å². The highest BCUT2D eigenvalue weighted by molar-refractivity contribution is 8.00. The first-order chi connectivity index (χ1) is 17.1. The summed E-state index contributed by atoms with van der Waals surface area (Å²) in [6.45, 7) is 1.71. The molecule has 35 heavy (non-hydrogen) atoms. The average Bonchev–Trinajstić information content (AvgIpc) is 3.38. The normalized spacial score (nSPS) is 15.1. The van der Waals surface area contributed by atoms with E-state index in [0.29, 0.717) is 42.0 Å².